The normalized spacial score (nSPS) is 11.5. The van der Waals surface area contributed by atoms with E-state index in [-0.39, 0.29) is 5.69 Å². The van der Waals surface area contributed by atoms with Crippen molar-refractivity contribution in [3.8, 4) is 6.07 Å². The zero-order valence-electron chi connectivity index (χ0n) is 18.3. The summed E-state index contributed by atoms with van der Waals surface area (Å²) < 4.78 is 0. The molecule has 3 aromatic carbocycles. The largest absolute Gasteiger partial charge is 0.393 e. The Morgan fingerprint density at radius 1 is 0.829 bits per heavy atom. The summed E-state index contributed by atoms with van der Waals surface area (Å²) in [5.74, 6) is 0.213. The van der Waals surface area contributed by atoms with Gasteiger partial charge in [-0.05, 0) is 60.0 Å². The fraction of sp³-hybridized carbons (Fsp3) is 0.0800. The number of nitrogens with one attached hydrogen (secondary N) is 2. The molecule has 4 rings (SSSR count). The van der Waals surface area contributed by atoms with Crippen molar-refractivity contribution < 1.29 is 0 Å². The van der Waals surface area contributed by atoms with Gasteiger partial charge in [0.15, 0.2) is 11.6 Å². The lowest BCUT2D eigenvalue weighted by molar-refractivity contribution is 1.03. The third-order valence-electron chi connectivity index (χ3n) is 5.31. The minimum absolute atomic E-state index is 0.286. The molecule has 0 bridgehead atoms. The molecule has 0 saturated carbocycles. The molecule has 6 nitrogen and oxygen atoms in total. The number of aryl methyl sites for hydroxylation is 1. The van der Waals surface area contributed by atoms with Crippen molar-refractivity contribution >= 4 is 75.1 Å². The molecule has 0 amide bonds. The Morgan fingerprint density at radius 2 is 1.46 bits per heavy atom. The van der Waals surface area contributed by atoms with E-state index < -0.39 is 5.92 Å². The predicted octanol–water partition coefficient (Wildman–Crippen LogP) is 8.12. The fourth-order valence-corrected chi connectivity index (χ4v) is 4.33. The Labute approximate surface area is 222 Å². The van der Waals surface area contributed by atoms with E-state index in [1.165, 1.54) is 6.33 Å². The van der Waals surface area contributed by atoms with Crippen LogP contribution in [0.25, 0.3) is 0 Å². The Kier molecular flexibility index (Phi) is 7.54. The van der Waals surface area contributed by atoms with E-state index in [1.54, 1.807) is 36.4 Å². The van der Waals surface area contributed by atoms with Crippen LogP contribution in [0.3, 0.4) is 0 Å². The topological polar surface area (TPSA) is 99.6 Å². The summed E-state index contributed by atoms with van der Waals surface area (Å²) in [6, 6.07) is 18.1. The van der Waals surface area contributed by atoms with Crippen LogP contribution in [-0.4, -0.2) is 9.97 Å². The van der Waals surface area contributed by atoms with Crippen LogP contribution in [0.15, 0.2) is 60.9 Å². The van der Waals surface area contributed by atoms with Gasteiger partial charge in [-0.1, -0.05) is 64.6 Å². The summed E-state index contributed by atoms with van der Waals surface area (Å²) in [5.41, 5.74) is 10.2. The summed E-state index contributed by atoms with van der Waals surface area (Å²) in [7, 11) is 0. The maximum absolute atomic E-state index is 9.83. The molecule has 0 fully saturated rings. The number of hydrogen-bond donors (Lipinski definition) is 3. The van der Waals surface area contributed by atoms with Crippen LogP contribution < -0.4 is 16.4 Å². The highest BCUT2D eigenvalue weighted by atomic mass is 35.5. The Balaban J connectivity index is 1.62. The number of nitrogens with two attached hydrogens (primary N) is 1. The van der Waals surface area contributed by atoms with Gasteiger partial charge >= 0.3 is 0 Å². The van der Waals surface area contributed by atoms with Gasteiger partial charge in [0.05, 0.1) is 22.7 Å². The molecule has 10 heteroatoms. The van der Waals surface area contributed by atoms with Gasteiger partial charge in [0.25, 0.3) is 0 Å². The number of nitriles is 1. The Bertz CT molecular complexity index is 1430. The second kappa shape index (κ2) is 10.6. The molecule has 4 N–H and O–H groups in total. The molecular formula is C25H18Cl4N6. The number of aromatic nitrogens is 2. The molecule has 0 aliphatic rings. The molecule has 0 radical (unpaired) electrons. The number of hydrogen-bond acceptors (Lipinski definition) is 6. The van der Waals surface area contributed by atoms with Gasteiger partial charge in [-0.25, -0.2) is 9.97 Å². The highest BCUT2D eigenvalue weighted by molar-refractivity contribution is 6.36. The van der Waals surface area contributed by atoms with E-state index in [0.29, 0.717) is 48.7 Å². The predicted molar refractivity (Wildman–Crippen MR) is 145 cm³/mol. The minimum Gasteiger partial charge on any atom is -0.393 e. The third kappa shape index (κ3) is 5.55. The van der Waals surface area contributed by atoms with E-state index in [2.05, 4.69) is 26.7 Å². The van der Waals surface area contributed by atoms with Gasteiger partial charge in [-0.3, -0.25) is 0 Å². The number of nitrogens with zero attached hydrogens (tertiary/aromatic N) is 3. The first-order chi connectivity index (χ1) is 16.8. The van der Waals surface area contributed by atoms with E-state index in [4.69, 9.17) is 52.1 Å². The molecular weight excluding hydrogens is 526 g/mol. The number of nitrogen functional groups attached to an aromatic ring is 1. The first-order valence-electron chi connectivity index (χ1n) is 10.3. The molecule has 0 aliphatic carbocycles. The molecule has 0 saturated heterocycles. The zero-order chi connectivity index (χ0) is 25.1. The summed E-state index contributed by atoms with van der Waals surface area (Å²) in [6.45, 7) is 1.91. The molecule has 1 heterocycles. The monoisotopic (exact) mass is 542 g/mol. The van der Waals surface area contributed by atoms with Gasteiger partial charge < -0.3 is 16.4 Å². The summed E-state index contributed by atoms with van der Waals surface area (Å²) in [5, 5.41) is 18.1. The lowest BCUT2D eigenvalue weighted by Gasteiger charge is -2.18. The maximum atomic E-state index is 9.83. The highest BCUT2D eigenvalue weighted by Crippen LogP contribution is 2.37. The van der Waals surface area contributed by atoms with E-state index in [1.807, 2.05) is 25.1 Å². The SMILES string of the molecule is Cc1cc(C(C#N)c2ccc(Cl)cc2)c(Cl)cc1Nc1ncnc(Nc2ccc(Cl)cc2Cl)c1N. The fourth-order valence-electron chi connectivity index (χ4n) is 3.48. The number of rotatable bonds is 6. The number of anilines is 5. The van der Waals surface area contributed by atoms with E-state index in [0.717, 1.165) is 11.1 Å². The van der Waals surface area contributed by atoms with Crippen LogP contribution in [0, 0.1) is 18.3 Å². The molecule has 4 aromatic rings. The second-order valence-corrected chi connectivity index (χ2v) is 9.35. The maximum Gasteiger partial charge on any atom is 0.159 e. The van der Waals surface area contributed by atoms with Crippen molar-refractivity contribution in [3.05, 3.63) is 97.7 Å². The van der Waals surface area contributed by atoms with Crippen LogP contribution in [0.4, 0.5) is 28.7 Å². The lowest BCUT2D eigenvalue weighted by Crippen LogP contribution is -2.07. The molecule has 1 atom stereocenters. The number of benzene rings is 3. The van der Waals surface area contributed by atoms with Crippen molar-refractivity contribution in [1.29, 1.82) is 5.26 Å². The third-order valence-corrected chi connectivity index (χ3v) is 6.44. The molecule has 0 aliphatic heterocycles. The van der Waals surface area contributed by atoms with Crippen LogP contribution in [0.2, 0.25) is 20.1 Å². The van der Waals surface area contributed by atoms with Crippen molar-refractivity contribution in [3.63, 3.8) is 0 Å². The van der Waals surface area contributed by atoms with Crippen molar-refractivity contribution in [2.75, 3.05) is 16.4 Å². The Hall–Kier alpha value is -3.21. The van der Waals surface area contributed by atoms with Crippen LogP contribution in [0.1, 0.15) is 22.6 Å². The van der Waals surface area contributed by atoms with E-state index >= 15 is 0 Å². The van der Waals surface area contributed by atoms with E-state index in [9.17, 15) is 5.26 Å². The molecule has 0 spiro atoms. The Morgan fingerprint density at radius 3 is 2.09 bits per heavy atom. The first-order valence-corrected chi connectivity index (χ1v) is 11.8. The average molecular weight is 544 g/mol. The minimum atomic E-state index is -0.545. The molecule has 1 aromatic heterocycles. The van der Waals surface area contributed by atoms with Crippen molar-refractivity contribution in [2.45, 2.75) is 12.8 Å². The van der Waals surface area contributed by atoms with Gasteiger partial charge in [0.1, 0.15) is 12.0 Å². The van der Waals surface area contributed by atoms with Crippen LogP contribution in [0.5, 0.6) is 0 Å². The number of halogens is 4. The quantitative estimate of drug-likeness (QED) is 0.227. The second-order valence-electron chi connectivity index (χ2n) is 7.66. The standard InChI is InChI=1S/C25H18Cl4N6/c1-13-8-17(18(11-30)14-2-4-15(26)5-3-14)19(28)10-22(13)35-25-23(31)24(32-12-33-25)34-21-7-6-16(27)9-20(21)29/h2-10,12,18H,31H2,1H3,(H2,32,33,34,35). The lowest BCUT2D eigenvalue weighted by atomic mass is 9.91. The van der Waals surface area contributed by atoms with Crippen LogP contribution in [-0.2, 0) is 0 Å². The van der Waals surface area contributed by atoms with Crippen LogP contribution >= 0.6 is 46.4 Å². The summed E-state index contributed by atoms with van der Waals surface area (Å²) >= 11 is 24.8. The van der Waals surface area contributed by atoms with Gasteiger partial charge in [-0.15, -0.1) is 0 Å². The van der Waals surface area contributed by atoms with Gasteiger partial charge in [0.2, 0.25) is 0 Å². The molecule has 176 valence electrons. The van der Waals surface area contributed by atoms with Crippen molar-refractivity contribution in [2.24, 2.45) is 0 Å². The molecule has 1 unspecified atom stereocenters. The highest BCUT2D eigenvalue weighted by Gasteiger charge is 2.19. The summed E-state index contributed by atoms with van der Waals surface area (Å²) in [4.78, 5) is 8.48. The first kappa shape index (κ1) is 24.9. The average Bonchev–Trinajstić information content (AvgIpc) is 2.82. The zero-order valence-corrected chi connectivity index (χ0v) is 21.3. The van der Waals surface area contributed by atoms with Crippen molar-refractivity contribution in [1.82, 2.24) is 9.97 Å². The smallest absolute Gasteiger partial charge is 0.159 e. The van der Waals surface area contributed by atoms with Gasteiger partial charge in [0, 0.05) is 20.8 Å². The molecule has 35 heavy (non-hydrogen) atoms. The summed E-state index contributed by atoms with van der Waals surface area (Å²) in [6.07, 6.45) is 1.38. The van der Waals surface area contributed by atoms with Gasteiger partial charge in [-0.2, -0.15) is 5.26 Å².